The second-order valence-electron chi connectivity index (χ2n) is 7.43. The molecule has 2 aromatic rings. The summed E-state index contributed by atoms with van der Waals surface area (Å²) in [4.78, 5) is 51.2. The van der Waals surface area contributed by atoms with Crippen LogP contribution in [0.2, 0.25) is 0 Å². The van der Waals surface area contributed by atoms with Crippen LogP contribution < -0.4 is 26.0 Å². The molecule has 0 radical (unpaired) electrons. The first-order valence-corrected chi connectivity index (χ1v) is 12.0. The predicted octanol–water partition coefficient (Wildman–Crippen LogP) is 1.94. The maximum Gasteiger partial charge on any atom is 0.408 e. The van der Waals surface area contributed by atoms with E-state index in [1.165, 1.54) is 18.2 Å². The van der Waals surface area contributed by atoms with E-state index in [2.05, 4.69) is 25.7 Å². The Hall–Kier alpha value is -3.68. The van der Waals surface area contributed by atoms with Crippen LogP contribution in [0.3, 0.4) is 0 Å². The number of benzene rings is 1. The lowest BCUT2D eigenvalue weighted by Gasteiger charge is -2.17. The van der Waals surface area contributed by atoms with Crippen molar-refractivity contribution in [1.82, 2.24) is 26.3 Å². The zero-order valence-electron chi connectivity index (χ0n) is 19.6. The van der Waals surface area contributed by atoms with E-state index in [1.807, 2.05) is 11.4 Å². The van der Waals surface area contributed by atoms with Crippen LogP contribution >= 0.6 is 34.8 Å². The summed E-state index contributed by atoms with van der Waals surface area (Å²) in [5.41, 5.74) is 0.667. The highest BCUT2D eigenvalue weighted by molar-refractivity contribution is 6.67. The number of carboxylic acid groups (broad SMARTS) is 1. The van der Waals surface area contributed by atoms with Crippen molar-refractivity contribution in [3.8, 4) is 11.5 Å². The highest BCUT2D eigenvalue weighted by atomic mass is 35.6. The van der Waals surface area contributed by atoms with Gasteiger partial charge in [-0.15, -0.1) is 0 Å². The Bertz CT molecular complexity index is 1120. The molecule has 2 rings (SSSR count). The largest absolute Gasteiger partial charge is 0.507 e. The van der Waals surface area contributed by atoms with Crippen LogP contribution in [0.25, 0.3) is 0 Å². The smallest absolute Gasteiger partial charge is 0.408 e. The first kappa shape index (κ1) is 30.5. The molecule has 38 heavy (non-hydrogen) atoms. The molecule has 13 nitrogen and oxygen atoms in total. The molecule has 4 amide bonds. The van der Waals surface area contributed by atoms with Gasteiger partial charge >= 0.3 is 18.1 Å². The Morgan fingerprint density at radius 2 is 1.84 bits per heavy atom. The molecule has 206 valence electrons. The van der Waals surface area contributed by atoms with Gasteiger partial charge in [0.15, 0.2) is 0 Å². The van der Waals surface area contributed by atoms with Crippen molar-refractivity contribution in [2.75, 3.05) is 26.3 Å². The number of alkyl carbamates (subject to hydrolysis) is 1. The number of amides is 4. The monoisotopic (exact) mass is 591 g/mol. The highest BCUT2D eigenvalue weighted by Gasteiger charge is 2.26. The Labute approximate surface area is 231 Å². The first-order valence-electron chi connectivity index (χ1n) is 10.8. The number of carbonyl (C=O) groups excluding carboxylic acids is 3. The summed E-state index contributed by atoms with van der Waals surface area (Å²) < 4.78 is 8.15. The molecule has 0 saturated heterocycles. The van der Waals surface area contributed by atoms with Crippen molar-refractivity contribution in [3.63, 3.8) is 0 Å². The van der Waals surface area contributed by atoms with E-state index in [0.29, 0.717) is 6.54 Å². The Morgan fingerprint density at radius 1 is 1.08 bits per heavy atom. The van der Waals surface area contributed by atoms with Gasteiger partial charge in [0.1, 0.15) is 30.8 Å². The molecule has 16 heteroatoms. The van der Waals surface area contributed by atoms with E-state index in [9.17, 15) is 29.4 Å². The molecule has 1 atom stereocenters. The van der Waals surface area contributed by atoms with Gasteiger partial charge in [0.2, 0.25) is 3.79 Å². The number of hydrogen-bond acceptors (Lipinski definition) is 8. The Balaban J connectivity index is 1.76. The van der Waals surface area contributed by atoms with Gasteiger partial charge in [-0.25, -0.2) is 14.4 Å². The van der Waals surface area contributed by atoms with Crippen molar-refractivity contribution in [1.29, 1.82) is 0 Å². The summed E-state index contributed by atoms with van der Waals surface area (Å²) in [5, 5.41) is 29.0. The lowest BCUT2D eigenvalue weighted by molar-refractivity contribution is -0.139. The number of urea groups is 1. The van der Waals surface area contributed by atoms with Crippen molar-refractivity contribution in [2.24, 2.45) is 0 Å². The molecule has 0 unspecified atom stereocenters. The van der Waals surface area contributed by atoms with E-state index in [4.69, 9.17) is 39.5 Å². The van der Waals surface area contributed by atoms with Crippen molar-refractivity contribution < 1.29 is 38.9 Å². The van der Waals surface area contributed by atoms with Gasteiger partial charge in [0.05, 0.1) is 12.1 Å². The number of halogens is 3. The standard InChI is InChI=1S/C22H24Cl3N5O8/c23-22(24,25)12-38-21(36)30-16(19(33)34)11-28-18(32)15-4-3-14(8-17(15)31)37-7-6-27-20(35)29-10-13-2-1-5-26-9-13/h1-5,8-9,16,31H,6-7,10-12H2,(H,28,32)(H,30,36)(H,33,34)(H2,27,29,35)/t16-/m0/s1. The van der Waals surface area contributed by atoms with Crippen LogP contribution in [0.5, 0.6) is 11.5 Å². The second kappa shape index (κ2) is 14.9. The summed E-state index contributed by atoms with van der Waals surface area (Å²) in [5.74, 6) is -2.50. The average molecular weight is 593 g/mol. The SMILES string of the molecule is O=C(NCCOc1ccc(C(=O)NC[C@H](NC(=O)OCC(Cl)(Cl)Cl)C(=O)O)c(O)c1)NCc1cccnc1. The fourth-order valence-electron chi connectivity index (χ4n) is 2.70. The molecule has 0 fully saturated rings. The molecule has 0 saturated carbocycles. The number of aliphatic carboxylic acids is 1. The molecule has 0 aliphatic heterocycles. The van der Waals surface area contributed by atoms with Crippen molar-refractivity contribution in [2.45, 2.75) is 16.4 Å². The van der Waals surface area contributed by atoms with Crippen molar-refractivity contribution >= 4 is 58.8 Å². The maximum absolute atomic E-state index is 12.4. The molecular formula is C22H24Cl3N5O8. The number of hydrogen-bond donors (Lipinski definition) is 6. The van der Waals surface area contributed by atoms with Gasteiger partial charge in [-0.1, -0.05) is 40.9 Å². The van der Waals surface area contributed by atoms with E-state index in [1.54, 1.807) is 18.5 Å². The number of pyridine rings is 1. The summed E-state index contributed by atoms with van der Waals surface area (Å²) >= 11 is 16.4. The van der Waals surface area contributed by atoms with Crippen LogP contribution in [-0.4, -0.2) is 75.3 Å². The topological polar surface area (TPSA) is 188 Å². The number of phenolic OH excluding ortho intramolecular Hbond substituents is 1. The van der Waals surface area contributed by atoms with Gasteiger partial charge < -0.3 is 41.0 Å². The molecule has 1 aromatic carbocycles. The molecule has 6 N–H and O–H groups in total. The first-order chi connectivity index (χ1) is 17.9. The third-order valence-electron chi connectivity index (χ3n) is 4.47. The van der Waals surface area contributed by atoms with Crippen LogP contribution in [0, 0.1) is 0 Å². The van der Waals surface area contributed by atoms with Crippen molar-refractivity contribution in [3.05, 3.63) is 53.9 Å². The number of carbonyl (C=O) groups is 4. The third-order valence-corrected chi connectivity index (χ3v) is 4.80. The number of nitrogens with zero attached hydrogens (tertiary/aromatic N) is 1. The van der Waals surface area contributed by atoms with Crippen LogP contribution in [-0.2, 0) is 16.1 Å². The Kier molecular flexibility index (Phi) is 12.0. The van der Waals surface area contributed by atoms with Gasteiger partial charge in [-0.2, -0.15) is 0 Å². The maximum atomic E-state index is 12.4. The number of nitrogens with one attached hydrogen (secondary N) is 4. The predicted molar refractivity (Wildman–Crippen MR) is 137 cm³/mol. The second-order valence-corrected chi connectivity index (χ2v) is 9.95. The molecule has 1 heterocycles. The molecule has 0 bridgehead atoms. The third kappa shape index (κ3) is 11.6. The minimum absolute atomic E-state index is 0.0750. The summed E-state index contributed by atoms with van der Waals surface area (Å²) in [6.45, 7) is -0.619. The number of phenols is 1. The molecular weight excluding hydrogens is 569 g/mol. The molecule has 0 aliphatic rings. The molecule has 0 aliphatic carbocycles. The number of aromatic nitrogens is 1. The Morgan fingerprint density at radius 3 is 2.47 bits per heavy atom. The fourth-order valence-corrected chi connectivity index (χ4v) is 2.86. The van der Waals surface area contributed by atoms with E-state index < -0.39 is 52.7 Å². The van der Waals surface area contributed by atoms with Crippen LogP contribution in [0.1, 0.15) is 15.9 Å². The summed E-state index contributed by atoms with van der Waals surface area (Å²) in [7, 11) is 0. The van der Waals surface area contributed by atoms with E-state index in [0.717, 1.165) is 5.56 Å². The zero-order chi connectivity index (χ0) is 28.1. The number of alkyl halides is 3. The minimum Gasteiger partial charge on any atom is -0.507 e. The number of ether oxygens (including phenoxy) is 2. The van der Waals surface area contributed by atoms with Gasteiger partial charge in [0, 0.05) is 31.5 Å². The summed E-state index contributed by atoms with van der Waals surface area (Å²) in [6.07, 6.45) is 2.08. The number of aromatic hydroxyl groups is 1. The quantitative estimate of drug-likeness (QED) is 0.158. The number of rotatable bonds is 12. The lowest BCUT2D eigenvalue weighted by Crippen LogP contribution is -2.48. The van der Waals surface area contributed by atoms with Gasteiger partial charge in [-0.05, 0) is 23.8 Å². The van der Waals surface area contributed by atoms with E-state index >= 15 is 0 Å². The highest BCUT2D eigenvalue weighted by Crippen LogP contribution is 2.26. The molecule has 1 aromatic heterocycles. The average Bonchev–Trinajstić information content (AvgIpc) is 2.86. The van der Waals surface area contributed by atoms with Gasteiger partial charge in [0.25, 0.3) is 5.91 Å². The number of carboxylic acids is 1. The van der Waals surface area contributed by atoms with Crippen LogP contribution in [0.15, 0.2) is 42.7 Å². The summed E-state index contributed by atoms with van der Waals surface area (Å²) in [6, 6.07) is 5.44. The van der Waals surface area contributed by atoms with Gasteiger partial charge in [-0.3, -0.25) is 9.78 Å². The fraction of sp³-hybridized carbons (Fsp3) is 0.318. The molecule has 0 spiro atoms. The lowest BCUT2D eigenvalue weighted by atomic mass is 10.1. The minimum atomic E-state index is -1.89. The zero-order valence-corrected chi connectivity index (χ0v) is 21.8. The normalized spacial score (nSPS) is 11.6. The van der Waals surface area contributed by atoms with E-state index in [-0.39, 0.29) is 24.5 Å². The van der Waals surface area contributed by atoms with Crippen LogP contribution in [0.4, 0.5) is 9.59 Å².